The predicted octanol–water partition coefficient (Wildman–Crippen LogP) is 3.51. The number of nitrogens with zero attached hydrogens (tertiary/aromatic N) is 2. The van der Waals surface area contributed by atoms with Crippen LogP contribution in [-0.2, 0) is 0 Å². The number of aromatic nitrogens is 1. The van der Waals surface area contributed by atoms with Crippen LogP contribution in [0.2, 0.25) is 0 Å². The van der Waals surface area contributed by atoms with Gasteiger partial charge in [-0.3, -0.25) is 10.1 Å². The van der Waals surface area contributed by atoms with Crippen molar-refractivity contribution in [2.24, 2.45) is 0 Å². The fourth-order valence-electron chi connectivity index (χ4n) is 0.730. The molecule has 0 fully saturated rings. The zero-order valence-electron chi connectivity index (χ0n) is 7.74. The number of halogens is 5. The van der Waals surface area contributed by atoms with E-state index in [0.29, 0.717) is 6.20 Å². The maximum absolute atomic E-state index is 12.8. The van der Waals surface area contributed by atoms with Gasteiger partial charge in [0.25, 0.3) is 5.69 Å². The maximum Gasteiger partial charge on any atom is 0.394 e. The summed E-state index contributed by atoms with van der Waals surface area (Å²) in [5, 5.41) is 0.434. The SMILES string of the molecule is O=[N+]([O-])c1ccc(SC(F)(F)C(F)(F)Cl)nc1. The highest BCUT2D eigenvalue weighted by Crippen LogP contribution is 2.48. The van der Waals surface area contributed by atoms with Crippen molar-refractivity contribution in [1.82, 2.24) is 4.98 Å². The van der Waals surface area contributed by atoms with Gasteiger partial charge in [0.15, 0.2) is 0 Å². The van der Waals surface area contributed by atoms with E-state index < -0.39 is 38.0 Å². The summed E-state index contributed by atoms with van der Waals surface area (Å²) in [4.78, 5) is 12.7. The van der Waals surface area contributed by atoms with Crippen molar-refractivity contribution >= 4 is 29.1 Å². The number of nitro groups is 1. The van der Waals surface area contributed by atoms with E-state index in [1.807, 2.05) is 0 Å². The van der Waals surface area contributed by atoms with Crippen LogP contribution in [0.25, 0.3) is 0 Å². The third kappa shape index (κ3) is 3.43. The van der Waals surface area contributed by atoms with Crippen LogP contribution >= 0.6 is 23.4 Å². The van der Waals surface area contributed by atoms with Crippen molar-refractivity contribution in [2.45, 2.75) is 15.7 Å². The minimum Gasteiger partial charge on any atom is -0.258 e. The van der Waals surface area contributed by atoms with Crippen molar-refractivity contribution < 1.29 is 22.5 Å². The van der Waals surface area contributed by atoms with Crippen LogP contribution in [0.5, 0.6) is 0 Å². The van der Waals surface area contributed by atoms with E-state index in [0.717, 1.165) is 12.1 Å². The third-order valence-electron chi connectivity index (χ3n) is 1.49. The zero-order valence-corrected chi connectivity index (χ0v) is 9.31. The van der Waals surface area contributed by atoms with Crippen LogP contribution in [0.15, 0.2) is 23.4 Å². The molecule has 0 saturated carbocycles. The Labute approximate surface area is 101 Å². The molecule has 94 valence electrons. The summed E-state index contributed by atoms with van der Waals surface area (Å²) in [6, 6.07) is 1.71. The van der Waals surface area contributed by atoms with Gasteiger partial charge in [-0.1, -0.05) is 0 Å². The molecule has 0 amide bonds. The van der Waals surface area contributed by atoms with Gasteiger partial charge in [0.05, 0.1) is 4.92 Å². The Morgan fingerprint density at radius 1 is 1.35 bits per heavy atom. The van der Waals surface area contributed by atoms with Crippen molar-refractivity contribution in [3.05, 3.63) is 28.4 Å². The van der Waals surface area contributed by atoms with E-state index in [1.165, 1.54) is 0 Å². The second-order valence-corrected chi connectivity index (χ2v) is 4.34. The van der Waals surface area contributed by atoms with Crippen molar-refractivity contribution in [2.75, 3.05) is 0 Å². The molecule has 0 unspecified atom stereocenters. The lowest BCUT2D eigenvalue weighted by molar-refractivity contribution is -0.385. The van der Waals surface area contributed by atoms with Crippen LogP contribution in [0.4, 0.5) is 23.2 Å². The Morgan fingerprint density at radius 3 is 2.29 bits per heavy atom. The molecule has 0 saturated heterocycles. The van der Waals surface area contributed by atoms with Gasteiger partial charge in [-0.25, -0.2) is 4.98 Å². The Balaban J connectivity index is 2.86. The highest BCUT2D eigenvalue weighted by atomic mass is 35.5. The molecular weight excluding hydrogens is 288 g/mol. The molecule has 17 heavy (non-hydrogen) atoms. The van der Waals surface area contributed by atoms with Crippen LogP contribution in [0.3, 0.4) is 0 Å². The van der Waals surface area contributed by atoms with Gasteiger partial charge in [-0.15, -0.1) is 0 Å². The molecule has 0 aliphatic carbocycles. The average molecular weight is 291 g/mol. The zero-order chi connectivity index (χ0) is 13.3. The first kappa shape index (κ1) is 14.0. The Bertz CT molecular complexity index is 423. The monoisotopic (exact) mass is 290 g/mol. The van der Waals surface area contributed by atoms with Gasteiger partial charge in [0, 0.05) is 6.07 Å². The topological polar surface area (TPSA) is 56.0 Å². The lowest BCUT2D eigenvalue weighted by atomic mass is 10.4. The van der Waals surface area contributed by atoms with Crippen LogP contribution in [0.1, 0.15) is 0 Å². The second kappa shape index (κ2) is 4.65. The summed E-state index contributed by atoms with van der Waals surface area (Å²) < 4.78 is 50.1. The molecule has 0 atom stereocenters. The second-order valence-electron chi connectivity index (χ2n) is 2.73. The van der Waals surface area contributed by atoms with E-state index in [4.69, 9.17) is 0 Å². The van der Waals surface area contributed by atoms with Gasteiger partial charge in [0.2, 0.25) is 0 Å². The molecule has 1 aromatic rings. The first-order chi connectivity index (χ1) is 7.63. The minimum absolute atomic E-state index is 0.435. The fourth-order valence-corrected chi connectivity index (χ4v) is 1.47. The first-order valence-corrected chi connectivity index (χ1v) is 5.07. The Kier molecular flexibility index (Phi) is 3.82. The summed E-state index contributed by atoms with van der Waals surface area (Å²) in [6.45, 7) is 0. The molecule has 1 rings (SSSR count). The number of pyridine rings is 1. The number of alkyl halides is 5. The van der Waals surface area contributed by atoms with E-state index in [2.05, 4.69) is 16.6 Å². The Morgan fingerprint density at radius 2 is 1.94 bits per heavy atom. The van der Waals surface area contributed by atoms with Gasteiger partial charge < -0.3 is 0 Å². The molecular formula is C7H3ClF4N2O2S. The predicted molar refractivity (Wildman–Crippen MR) is 52.5 cm³/mol. The quantitative estimate of drug-likeness (QED) is 0.280. The molecule has 0 spiro atoms. The molecule has 4 nitrogen and oxygen atoms in total. The molecule has 1 heterocycles. The molecule has 0 bridgehead atoms. The molecule has 0 aromatic carbocycles. The van der Waals surface area contributed by atoms with Crippen molar-refractivity contribution in [1.29, 1.82) is 0 Å². The number of thioether (sulfide) groups is 1. The largest absolute Gasteiger partial charge is 0.394 e. The van der Waals surface area contributed by atoms with Crippen LogP contribution in [0, 0.1) is 10.1 Å². The number of hydrogen-bond acceptors (Lipinski definition) is 4. The van der Waals surface area contributed by atoms with Gasteiger partial charge >= 0.3 is 10.6 Å². The maximum atomic E-state index is 12.8. The van der Waals surface area contributed by atoms with Crippen molar-refractivity contribution in [3.8, 4) is 0 Å². The van der Waals surface area contributed by atoms with E-state index in [-0.39, 0.29) is 0 Å². The summed E-state index contributed by atoms with van der Waals surface area (Å²) in [5.74, 6) is 0. The van der Waals surface area contributed by atoms with E-state index in [1.54, 1.807) is 0 Å². The summed E-state index contributed by atoms with van der Waals surface area (Å²) >= 11 is 3.64. The minimum atomic E-state index is -4.73. The molecule has 0 radical (unpaired) electrons. The van der Waals surface area contributed by atoms with Gasteiger partial charge in [-0.2, -0.15) is 17.6 Å². The van der Waals surface area contributed by atoms with Crippen LogP contribution < -0.4 is 0 Å². The summed E-state index contributed by atoms with van der Waals surface area (Å²) in [7, 11) is 0. The smallest absolute Gasteiger partial charge is 0.258 e. The lowest BCUT2D eigenvalue weighted by Crippen LogP contribution is -2.31. The molecule has 0 aliphatic rings. The van der Waals surface area contributed by atoms with Crippen molar-refractivity contribution in [3.63, 3.8) is 0 Å². The van der Waals surface area contributed by atoms with E-state index >= 15 is 0 Å². The number of hydrogen-bond donors (Lipinski definition) is 0. The average Bonchev–Trinajstić information content (AvgIpc) is 2.16. The van der Waals surface area contributed by atoms with E-state index in [9.17, 15) is 27.7 Å². The Hall–Kier alpha value is -1.09. The summed E-state index contributed by atoms with van der Waals surface area (Å²) in [6.07, 6.45) is 0.685. The summed E-state index contributed by atoms with van der Waals surface area (Å²) in [5.41, 5.74) is -0.435. The lowest BCUT2D eigenvalue weighted by Gasteiger charge is -2.19. The normalized spacial score (nSPS) is 12.5. The molecule has 10 heteroatoms. The third-order valence-corrected chi connectivity index (χ3v) is 2.81. The standard InChI is InChI=1S/C7H3ClF4N2O2S/c8-6(9,10)7(11,12)17-5-2-1-4(3-13-5)14(15)16/h1-3H. The first-order valence-electron chi connectivity index (χ1n) is 3.87. The van der Waals surface area contributed by atoms with Crippen LogP contribution in [-0.4, -0.2) is 20.5 Å². The van der Waals surface area contributed by atoms with Gasteiger partial charge in [-0.05, 0) is 29.4 Å². The molecule has 0 aliphatic heterocycles. The highest BCUT2D eigenvalue weighted by molar-refractivity contribution is 8.00. The highest BCUT2D eigenvalue weighted by Gasteiger charge is 2.56. The molecule has 1 aromatic heterocycles. The fraction of sp³-hybridized carbons (Fsp3) is 0.286. The molecule has 0 N–H and O–H groups in total. The van der Waals surface area contributed by atoms with Gasteiger partial charge in [0.1, 0.15) is 11.2 Å². The number of rotatable bonds is 4.